The molecule has 0 saturated carbocycles. The van der Waals surface area contributed by atoms with Crippen LogP contribution in [-0.2, 0) is 24.2 Å². The van der Waals surface area contributed by atoms with Crippen molar-refractivity contribution in [3.63, 3.8) is 0 Å². The standard InChI is InChI=1S/C12H10ClNO6S2/c1-6(15)20-9(11(16)17)10(13)22(18,19)12-14-7-4-2-3-5-8(7)21-12/h2-5,9-10H,1H3,(H,16,17). The first-order valence-corrected chi connectivity index (χ1v) is 8.67. The summed E-state index contributed by atoms with van der Waals surface area (Å²) in [6.07, 6.45) is -2.02. The fourth-order valence-corrected chi connectivity index (χ4v) is 4.85. The third-order valence-electron chi connectivity index (χ3n) is 2.59. The Morgan fingerprint density at radius 2 is 2.00 bits per heavy atom. The number of carbonyl (C=O) groups is 2. The Morgan fingerprint density at radius 3 is 2.55 bits per heavy atom. The Bertz CT molecular complexity index is 798. The second-order valence-corrected chi connectivity index (χ2v) is 8.21. The SMILES string of the molecule is CC(=O)OC(C(=O)O)C(Cl)S(=O)(=O)c1nc2ccccc2s1. The number of hydrogen-bond acceptors (Lipinski definition) is 7. The summed E-state index contributed by atoms with van der Waals surface area (Å²) in [5.74, 6) is -2.60. The summed E-state index contributed by atoms with van der Waals surface area (Å²) in [5.41, 5.74) is 0.453. The average Bonchev–Trinajstić information content (AvgIpc) is 2.88. The number of fused-ring (bicyclic) bond motifs is 1. The molecule has 0 fully saturated rings. The summed E-state index contributed by atoms with van der Waals surface area (Å²) in [7, 11) is -4.28. The second kappa shape index (κ2) is 6.19. The fraction of sp³-hybridized carbons (Fsp3) is 0.250. The van der Waals surface area contributed by atoms with E-state index in [1.807, 2.05) is 0 Å². The minimum absolute atomic E-state index is 0.327. The number of nitrogens with zero attached hydrogens (tertiary/aromatic N) is 1. The number of hydrogen-bond donors (Lipinski definition) is 1. The molecule has 2 atom stereocenters. The molecule has 2 rings (SSSR count). The van der Waals surface area contributed by atoms with Crippen molar-refractivity contribution in [2.45, 2.75) is 22.1 Å². The molecular weight excluding hydrogens is 354 g/mol. The predicted octanol–water partition coefficient (Wildman–Crippen LogP) is 1.65. The van der Waals surface area contributed by atoms with Gasteiger partial charge in [0.15, 0.2) is 4.71 Å². The van der Waals surface area contributed by atoms with E-state index in [4.69, 9.17) is 16.7 Å². The van der Waals surface area contributed by atoms with Crippen LogP contribution in [0.5, 0.6) is 0 Å². The lowest BCUT2D eigenvalue weighted by Gasteiger charge is -2.17. The maximum absolute atomic E-state index is 12.4. The normalized spacial score (nSPS) is 14.5. The van der Waals surface area contributed by atoms with Gasteiger partial charge in [-0.1, -0.05) is 12.1 Å². The summed E-state index contributed by atoms with van der Waals surface area (Å²) < 4.78 is 27.6. The van der Waals surface area contributed by atoms with Crippen LogP contribution < -0.4 is 0 Å². The van der Waals surface area contributed by atoms with Gasteiger partial charge in [0, 0.05) is 6.92 Å². The quantitative estimate of drug-likeness (QED) is 0.635. The van der Waals surface area contributed by atoms with Crippen molar-refractivity contribution in [3.05, 3.63) is 24.3 Å². The monoisotopic (exact) mass is 363 g/mol. The number of aliphatic carboxylic acids is 1. The van der Waals surface area contributed by atoms with Gasteiger partial charge in [-0.3, -0.25) is 4.79 Å². The fourth-order valence-electron chi connectivity index (χ4n) is 1.63. The third kappa shape index (κ3) is 3.21. The summed E-state index contributed by atoms with van der Waals surface area (Å²) in [6.45, 7) is 0.962. The molecule has 0 saturated heterocycles. The van der Waals surface area contributed by atoms with Crippen LogP contribution in [0.25, 0.3) is 10.2 Å². The highest BCUT2D eigenvalue weighted by molar-refractivity contribution is 7.95. The maximum atomic E-state index is 12.4. The van der Waals surface area contributed by atoms with E-state index >= 15 is 0 Å². The van der Waals surface area contributed by atoms with Gasteiger partial charge in [-0.25, -0.2) is 18.2 Å². The molecule has 118 valence electrons. The minimum Gasteiger partial charge on any atom is -0.478 e. The van der Waals surface area contributed by atoms with E-state index in [-0.39, 0.29) is 4.34 Å². The Kier molecular flexibility index (Phi) is 4.69. The number of para-hydroxylation sites is 1. The second-order valence-electron chi connectivity index (χ2n) is 4.21. The first kappa shape index (κ1) is 16.7. The van der Waals surface area contributed by atoms with Crippen molar-refractivity contribution < 1.29 is 27.9 Å². The Hall–Kier alpha value is -1.71. The van der Waals surface area contributed by atoms with Gasteiger partial charge < -0.3 is 9.84 Å². The van der Waals surface area contributed by atoms with E-state index in [9.17, 15) is 18.0 Å². The molecule has 7 nitrogen and oxygen atoms in total. The van der Waals surface area contributed by atoms with E-state index in [2.05, 4.69) is 9.72 Å². The van der Waals surface area contributed by atoms with Crippen LogP contribution in [-0.4, -0.2) is 41.3 Å². The lowest BCUT2D eigenvalue weighted by atomic mass is 10.3. The van der Waals surface area contributed by atoms with Crippen LogP contribution >= 0.6 is 22.9 Å². The van der Waals surface area contributed by atoms with Crippen molar-refractivity contribution in [1.82, 2.24) is 4.98 Å². The van der Waals surface area contributed by atoms with Crippen molar-refractivity contribution in [1.29, 1.82) is 0 Å². The third-order valence-corrected chi connectivity index (χ3v) is 6.72. The van der Waals surface area contributed by atoms with Crippen LogP contribution in [0.2, 0.25) is 0 Å². The molecule has 0 amide bonds. The smallest absolute Gasteiger partial charge is 0.347 e. The van der Waals surface area contributed by atoms with E-state index in [1.54, 1.807) is 24.3 Å². The zero-order valence-corrected chi connectivity index (χ0v) is 13.5. The highest BCUT2D eigenvalue weighted by atomic mass is 35.5. The van der Waals surface area contributed by atoms with Gasteiger partial charge in [0.05, 0.1) is 10.2 Å². The van der Waals surface area contributed by atoms with Crippen LogP contribution in [0.1, 0.15) is 6.92 Å². The predicted molar refractivity (Wildman–Crippen MR) is 79.6 cm³/mol. The molecule has 2 unspecified atom stereocenters. The van der Waals surface area contributed by atoms with Gasteiger partial charge in [0.25, 0.3) is 0 Å². The number of benzene rings is 1. The topological polar surface area (TPSA) is 111 Å². The summed E-state index contributed by atoms with van der Waals surface area (Å²) >= 11 is 6.62. The maximum Gasteiger partial charge on any atom is 0.347 e. The van der Waals surface area contributed by atoms with Gasteiger partial charge in [-0.05, 0) is 12.1 Å². The van der Waals surface area contributed by atoms with Gasteiger partial charge in [-0.15, -0.1) is 22.9 Å². The highest BCUT2D eigenvalue weighted by Crippen LogP contribution is 2.30. The number of sulfone groups is 1. The van der Waals surface area contributed by atoms with Crippen LogP contribution in [0.15, 0.2) is 28.6 Å². The Balaban J connectivity index is 2.43. The Morgan fingerprint density at radius 1 is 1.36 bits per heavy atom. The van der Waals surface area contributed by atoms with Crippen LogP contribution in [0, 0.1) is 0 Å². The largest absolute Gasteiger partial charge is 0.478 e. The van der Waals surface area contributed by atoms with Crippen molar-refractivity contribution >= 4 is 54.9 Å². The van der Waals surface area contributed by atoms with Crippen molar-refractivity contribution in [2.75, 3.05) is 0 Å². The molecule has 22 heavy (non-hydrogen) atoms. The van der Waals surface area contributed by atoms with Gasteiger partial charge in [0.2, 0.25) is 20.3 Å². The molecule has 1 aromatic carbocycles. The molecule has 2 aromatic rings. The highest BCUT2D eigenvalue weighted by Gasteiger charge is 2.41. The average molecular weight is 364 g/mol. The number of carboxylic acids is 1. The van der Waals surface area contributed by atoms with E-state index in [0.29, 0.717) is 10.2 Å². The first-order chi connectivity index (χ1) is 10.2. The summed E-state index contributed by atoms with van der Waals surface area (Å²) in [4.78, 5) is 25.9. The van der Waals surface area contributed by atoms with E-state index < -0.39 is 32.6 Å². The molecule has 0 bridgehead atoms. The number of esters is 1. The molecule has 1 heterocycles. The molecule has 1 N–H and O–H groups in total. The Labute approximate surface area is 134 Å². The number of carbonyl (C=O) groups excluding carboxylic acids is 1. The summed E-state index contributed by atoms with van der Waals surface area (Å²) in [5, 5.41) is 9.00. The lowest BCUT2D eigenvalue weighted by molar-refractivity contribution is -0.161. The molecule has 1 aromatic heterocycles. The molecular formula is C12H10ClNO6S2. The molecule has 0 radical (unpaired) electrons. The zero-order valence-electron chi connectivity index (χ0n) is 11.1. The molecule has 0 aliphatic heterocycles. The number of ether oxygens (including phenoxy) is 1. The van der Waals surface area contributed by atoms with Crippen molar-refractivity contribution in [2.24, 2.45) is 0 Å². The number of alkyl halides is 1. The molecule has 0 aliphatic rings. The van der Waals surface area contributed by atoms with E-state index in [0.717, 1.165) is 18.3 Å². The first-order valence-electron chi connectivity index (χ1n) is 5.87. The molecule has 10 heteroatoms. The molecule has 0 spiro atoms. The van der Waals surface area contributed by atoms with Crippen LogP contribution in [0.4, 0.5) is 0 Å². The molecule has 0 aliphatic carbocycles. The van der Waals surface area contributed by atoms with Crippen molar-refractivity contribution in [3.8, 4) is 0 Å². The number of rotatable bonds is 5. The lowest BCUT2D eigenvalue weighted by Crippen LogP contribution is -2.39. The van der Waals surface area contributed by atoms with Gasteiger partial charge >= 0.3 is 11.9 Å². The van der Waals surface area contributed by atoms with Gasteiger partial charge in [0.1, 0.15) is 0 Å². The summed E-state index contributed by atoms with van der Waals surface area (Å²) in [6, 6.07) is 6.70. The van der Waals surface area contributed by atoms with Crippen LogP contribution in [0.3, 0.4) is 0 Å². The minimum atomic E-state index is -4.28. The number of carboxylic acid groups (broad SMARTS) is 1. The zero-order chi connectivity index (χ0) is 16.5. The number of thiazole rings is 1. The number of halogens is 1. The van der Waals surface area contributed by atoms with Gasteiger partial charge in [-0.2, -0.15) is 0 Å². The van der Waals surface area contributed by atoms with E-state index in [1.165, 1.54) is 0 Å². The number of aromatic nitrogens is 1.